The third-order valence-corrected chi connectivity index (χ3v) is 5.04. The lowest BCUT2D eigenvalue weighted by atomic mass is 10.3. The van der Waals surface area contributed by atoms with Crippen LogP contribution in [0.25, 0.3) is 0 Å². The van der Waals surface area contributed by atoms with Crippen molar-refractivity contribution in [3.63, 3.8) is 0 Å². The number of nitrogens with two attached hydrogens (primary N) is 1. The van der Waals surface area contributed by atoms with Crippen molar-refractivity contribution >= 4 is 37.8 Å². The van der Waals surface area contributed by atoms with Crippen molar-refractivity contribution in [3.05, 3.63) is 46.3 Å². The van der Waals surface area contributed by atoms with Crippen molar-refractivity contribution in [3.8, 4) is 0 Å². The molecule has 0 aliphatic heterocycles. The summed E-state index contributed by atoms with van der Waals surface area (Å²) >= 11 is 3.22. The molecule has 9 nitrogen and oxygen atoms in total. The Morgan fingerprint density at radius 3 is 2.52 bits per heavy atom. The van der Waals surface area contributed by atoms with E-state index in [0.717, 1.165) is 4.47 Å². The lowest BCUT2D eigenvalue weighted by molar-refractivity contribution is -0.121. The highest BCUT2D eigenvalue weighted by atomic mass is 79.9. The van der Waals surface area contributed by atoms with Crippen molar-refractivity contribution < 1.29 is 22.5 Å². The summed E-state index contributed by atoms with van der Waals surface area (Å²) in [6.07, 6.45) is -0.0629. The number of amides is 2. The Morgan fingerprint density at radius 2 is 1.92 bits per heavy atom. The summed E-state index contributed by atoms with van der Waals surface area (Å²) in [4.78, 5) is 22.7. The van der Waals surface area contributed by atoms with Crippen LogP contribution >= 0.6 is 15.9 Å². The third kappa shape index (κ3) is 5.66. The van der Waals surface area contributed by atoms with E-state index in [4.69, 9.17) is 10.3 Å². The fourth-order valence-corrected chi connectivity index (χ4v) is 3.08. The summed E-state index contributed by atoms with van der Waals surface area (Å²) in [5.74, 6) is -0.864. The molecule has 0 aliphatic rings. The van der Waals surface area contributed by atoms with Gasteiger partial charge in [0.05, 0.1) is 11.4 Å². The van der Waals surface area contributed by atoms with Gasteiger partial charge in [-0.1, -0.05) is 21.1 Å². The van der Waals surface area contributed by atoms with Crippen LogP contribution in [-0.2, 0) is 21.4 Å². The van der Waals surface area contributed by atoms with E-state index in [-0.39, 0.29) is 35.9 Å². The van der Waals surface area contributed by atoms with Gasteiger partial charge in [0.1, 0.15) is 0 Å². The maximum atomic E-state index is 12.0. The molecule has 25 heavy (non-hydrogen) atoms. The molecule has 134 valence electrons. The Kier molecular flexibility index (Phi) is 6.28. The van der Waals surface area contributed by atoms with Crippen molar-refractivity contribution in [2.24, 2.45) is 5.73 Å². The Balaban J connectivity index is 1.77. The number of hydrogen-bond donors (Lipinski definition) is 3. The van der Waals surface area contributed by atoms with Crippen LogP contribution in [0.1, 0.15) is 22.7 Å². The quantitative estimate of drug-likeness (QED) is 0.556. The average molecular weight is 431 g/mol. The van der Waals surface area contributed by atoms with Gasteiger partial charge in [0.25, 0.3) is 5.91 Å². The highest BCUT2D eigenvalue weighted by Gasteiger charge is 2.14. The average Bonchev–Trinajstić information content (AvgIpc) is 3.02. The Labute approximate surface area is 152 Å². The van der Waals surface area contributed by atoms with Gasteiger partial charge in [-0.15, -0.1) is 0 Å². The third-order valence-electron chi connectivity index (χ3n) is 3.04. The largest absolute Gasteiger partial charge is 0.364 e. The molecule has 0 aliphatic carbocycles. The van der Waals surface area contributed by atoms with E-state index in [2.05, 4.69) is 31.1 Å². The Hall–Kier alpha value is -2.24. The van der Waals surface area contributed by atoms with E-state index in [9.17, 15) is 18.0 Å². The molecule has 11 heteroatoms. The molecule has 4 N–H and O–H groups in total. The van der Waals surface area contributed by atoms with Crippen molar-refractivity contribution in [2.75, 3.05) is 6.54 Å². The van der Waals surface area contributed by atoms with Crippen LogP contribution in [0.3, 0.4) is 0 Å². The zero-order valence-electron chi connectivity index (χ0n) is 12.9. The fourth-order valence-electron chi connectivity index (χ4n) is 1.78. The number of primary amides is 1. The Morgan fingerprint density at radius 1 is 1.24 bits per heavy atom. The number of carbonyl (C=O) groups is 2. The van der Waals surface area contributed by atoms with Crippen LogP contribution in [0.2, 0.25) is 0 Å². The summed E-state index contributed by atoms with van der Waals surface area (Å²) in [6.45, 7) is -0.0499. The number of rotatable bonds is 8. The van der Waals surface area contributed by atoms with Crippen molar-refractivity contribution in [2.45, 2.75) is 17.9 Å². The number of benzene rings is 1. The number of carbonyl (C=O) groups excluding carboxylic acids is 2. The SMILES string of the molecule is NC(=O)c1cc(CNC(=O)CCNS(=O)(=O)c2ccc(Br)cc2)on1. The topological polar surface area (TPSA) is 144 Å². The van der Waals surface area contributed by atoms with Crippen LogP contribution in [0.4, 0.5) is 0 Å². The number of hydrogen-bond acceptors (Lipinski definition) is 6. The molecule has 2 amide bonds. The van der Waals surface area contributed by atoms with E-state index in [1.54, 1.807) is 12.1 Å². The smallest absolute Gasteiger partial charge is 0.270 e. The molecule has 0 saturated heterocycles. The van der Waals surface area contributed by atoms with Crippen LogP contribution in [0.15, 0.2) is 44.2 Å². The van der Waals surface area contributed by atoms with Gasteiger partial charge in [-0.25, -0.2) is 13.1 Å². The van der Waals surface area contributed by atoms with Gasteiger partial charge in [-0.2, -0.15) is 0 Å². The second-order valence-electron chi connectivity index (χ2n) is 4.92. The summed E-state index contributed by atoms with van der Waals surface area (Å²) in [5, 5.41) is 5.95. The summed E-state index contributed by atoms with van der Waals surface area (Å²) in [7, 11) is -3.68. The van der Waals surface area contributed by atoms with Crippen molar-refractivity contribution in [1.29, 1.82) is 0 Å². The van der Waals surface area contributed by atoms with Gasteiger partial charge >= 0.3 is 0 Å². The van der Waals surface area contributed by atoms with Crippen LogP contribution in [-0.4, -0.2) is 31.9 Å². The van der Waals surface area contributed by atoms with E-state index in [0.29, 0.717) is 0 Å². The van der Waals surface area contributed by atoms with Gasteiger partial charge in [0.2, 0.25) is 15.9 Å². The minimum atomic E-state index is -3.68. The first-order chi connectivity index (χ1) is 11.8. The van der Waals surface area contributed by atoms with E-state index >= 15 is 0 Å². The minimum Gasteiger partial charge on any atom is -0.364 e. The molecule has 0 radical (unpaired) electrons. The maximum Gasteiger partial charge on any atom is 0.270 e. The lowest BCUT2D eigenvalue weighted by Crippen LogP contribution is -2.30. The summed E-state index contributed by atoms with van der Waals surface area (Å²) in [5.41, 5.74) is 4.99. The molecule has 2 rings (SSSR count). The van der Waals surface area contributed by atoms with Crippen LogP contribution in [0, 0.1) is 0 Å². The van der Waals surface area contributed by atoms with Crippen LogP contribution in [0.5, 0.6) is 0 Å². The predicted molar refractivity (Wildman–Crippen MR) is 90.8 cm³/mol. The molecule has 1 aromatic carbocycles. The monoisotopic (exact) mass is 430 g/mol. The molecule has 0 spiro atoms. The van der Waals surface area contributed by atoms with Gasteiger partial charge in [-0.3, -0.25) is 9.59 Å². The van der Waals surface area contributed by atoms with Gasteiger partial charge < -0.3 is 15.6 Å². The molecule has 2 aromatic rings. The first-order valence-electron chi connectivity index (χ1n) is 7.05. The van der Waals surface area contributed by atoms with Gasteiger partial charge in [0.15, 0.2) is 11.5 Å². The van der Waals surface area contributed by atoms with Gasteiger partial charge in [0, 0.05) is 23.5 Å². The molecule has 1 heterocycles. The van der Waals surface area contributed by atoms with E-state index < -0.39 is 21.8 Å². The summed E-state index contributed by atoms with van der Waals surface area (Å²) in [6, 6.07) is 7.44. The number of halogens is 1. The van der Waals surface area contributed by atoms with Gasteiger partial charge in [-0.05, 0) is 24.3 Å². The number of nitrogens with one attached hydrogen (secondary N) is 2. The second kappa shape index (κ2) is 8.23. The first kappa shape index (κ1) is 19.1. The predicted octanol–water partition coefficient (Wildman–Crippen LogP) is 0.521. The zero-order valence-corrected chi connectivity index (χ0v) is 15.3. The first-order valence-corrected chi connectivity index (χ1v) is 9.33. The highest BCUT2D eigenvalue weighted by Crippen LogP contribution is 2.14. The number of sulfonamides is 1. The summed E-state index contributed by atoms with van der Waals surface area (Å²) < 4.78 is 32.0. The van der Waals surface area contributed by atoms with E-state index in [1.807, 2.05) is 0 Å². The van der Waals surface area contributed by atoms with E-state index in [1.165, 1.54) is 18.2 Å². The fraction of sp³-hybridized carbons (Fsp3) is 0.214. The number of aromatic nitrogens is 1. The molecule has 0 saturated carbocycles. The molecule has 0 atom stereocenters. The normalized spacial score (nSPS) is 11.2. The lowest BCUT2D eigenvalue weighted by Gasteiger charge is -2.07. The maximum absolute atomic E-state index is 12.0. The highest BCUT2D eigenvalue weighted by molar-refractivity contribution is 9.10. The molecule has 0 fully saturated rings. The molecule has 0 bridgehead atoms. The zero-order chi connectivity index (χ0) is 18.4. The Bertz CT molecular complexity index is 864. The number of nitrogens with zero attached hydrogens (tertiary/aromatic N) is 1. The molecule has 0 unspecified atom stereocenters. The molecular weight excluding hydrogens is 416 g/mol. The standard InChI is InChI=1S/C14H15BrN4O5S/c15-9-1-3-11(4-2-9)25(22,23)18-6-5-13(20)17-8-10-7-12(14(16)21)19-24-10/h1-4,7,18H,5-6,8H2,(H2,16,21)(H,17,20). The molecule has 1 aromatic heterocycles. The molecular formula is C14H15BrN4O5S. The van der Waals surface area contributed by atoms with Crippen LogP contribution < -0.4 is 15.8 Å². The van der Waals surface area contributed by atoms with Crippen molar-refractivity contribution in [1.82, 2.24) is 15.2 Å². The minimum absolute atomic E-state index is 0.0125. The second-order valence-corrected chi connectivity index (χ2v) is 7.60.